The molecule has 3 rings (SSSR count). The molecule has 1 fully saturated rings. The number of aliphatic hydroxyl groups is 1. The van der Waals surface area contributed by atoms with Crippen molar-refractivity contribution in [3.63, 3.8) is 0 Å². The summed E-state index contributed by atoms with van der Waals surface area (Å²) in [5.41, 5.74) is 0. The summed E-state index contributed by atoms with van der Waals surface area (Å²) in [6.07, 6.45) is 16.0. The van der Waals surface area contributed by atoms with Crippen LogP contribution in [0, 0.1) is 0 Å². The van der Waals surface area contributed by atoms with E-state index in [1.807, 2.05) is 30.3 Å². The van der Waals surface area contributed by atoms with Gasteiger partial charge in [0, 0.05) is 13.2 Å². The SMILES string of the molecule is CCCCCCCCCCCO[C@@H]1[C@@H](OCCCCCCCCCCC)[C@H](Oc2ccccc2)O[C@H](CO)[C@H]1OP(=O)(O)Oc1ccccc1Cl. The predicted octanol–water partition coefficient (Wildman–Crippen LogP) is 10.8. The first-order valence-corrected chi connectivity index (χ1v) is 21.4. The normalized spacial score (nSPS) is 21.7. The number of benzene rings is 2. The highest BCUT2D eigenvalue weighted by Gasteiger charge is 2.52. The van der Waals surface area contributed by atoms with Crippen molar-refractivity contribution in [2.24, 2.45) is 0 Å². The third kappa shape index (κ3) is 17.3. The molecule has 0 spiro atoms. The molecule has 1 unspecified atom stereocenters. The van der Waals surface area contributed by atoms with Gasteiger partial charge < -0.3 is 28.6 Å². The van der Waals surface area contributed by atoms with Crippen LogP contribution in [0.15, 0.2) is 54.6 Å². The molecule has 0 amide bonds. The number of ether oxygens (including phenoxy) is 4. The molecule has 51 heavy (non-hydrogen) atoms. The Morgan fingerprint density at radius 1 is 0.667 bits per heavy atom. The molecule has 1 heterocycles. The molecule has 1 aliphatic heterocycles. The highest BCUT2D eigenvalue weighted by Crippen LogP contribution is 2.49. The summed E-state index contributed by atoms with van der Waals surface area (Å²) >= 11 is 6.22. The first kappa shape index (κ1) is 43.7. The van der Waals surface area contributed by atoms with Gasteiger partial charge in [-0.05, 0) is 37.1 Å². The Balaban J connectivity index is 1.73. The smallest absolute Gasteiger partial charge is 0.462 e. The summed E-state index contributed by atoms with van der Waals surface area (Å²) in [4.78, 5) is 11.0. The van der Waals surface area contributed by atoms with Crippen molar-refractivity contribution >= 4 is 19.4 Å². The van der Waals surface area contributed by atoms with E-state index in [9.17, 15) is 14.6 Å². The number of hydrogen-bond donors (Lipinski definition) is 2. The van der Waals surface area contributed by atoms with Crippen molar-refractivity contribution in [1.29, 1.82) is 0 Å². The second-order valence-corrected chi connectivity index (χ2v) is 15.3. The Morgan fingerprint density at radius 2 is 1.16 bits per heavy atom. The van der Waals surface area contributed by atoms with Gasteiger partial charge in [0.15, 0.2) is 0 Å². The highest BCUT2D eigenvalue weighted by molar-refractivity contribution is 7.47. The summed E-state index contributed by atoms with van der Waals surface area (Å²) in [6, 6.07) is 15.6. The Morgan fingerprint density at radius 3 is 1.69 bits per heavy atom. The van der Waals surface area contributed by atoms with Gasteiger partial charge in [0.25, 0.3) is 0 Å². The molecular weight excluding hydrogens is 691 g/mol. The fourth-order valence-electron chi connectivity index (χ4n) is 6.33. The van der Waals surface area contributed by atoms with Crippen molar-refractivity contribution in [2.45, 2.75) is 160 Å². The van der Waals surface area contributed by atoms with Crippen LogP contribution in [-0.4, -0.2) is 60.5 Å². The lowest BCUT2D eigenvalue weighted by molar-refractivity contribution is -0.292. The molecule has 6 atom stereocenters. The number of unbranched alkanes of at least 4 members (excludes halogenated alkanes) is 16. The quantitative estimate of drug-likeness (QED) is 0.0619. The van der Waals surface area contributed by atoms with Gasteiger partial charge in [0.05, 0.1) is 11.6 Å². The molecule has 9 nitrogen and oxygen atoms in total. The van der Waals surface area contributed by atoms with E-state index in [2.05, 4.69) is 13.8 Å². The molecular formula is C40H64ClO9P. The minimum atomic E-state index is -4.78. The van der Waals surface area contributed by atoms with E-state index in [0.717, 1.165) is 38.5 Å². The second kappa shape index (κ2) is 26.2. The summed E-state index contributed by atoms with van der Waals surface area (Å²) in [7, 11) is -4.78. The number of phosphoric ester groups is 1. The van der Waals surface area contributed by atoms with Crippen LogP contribution in [-0.2, 0) is 23.3 Å². The molecule has 2 aromatic carbocycles. The largest absolute Gasteiger partial charge is 0.527 e. The molecule has 0 saturated carbocycles. The van der Waals surface area contributed by atoms with Crippen LogP contribution in [0.25, 0.3) is 0 Å². The monoisotopic (exact) mass is 754 g/mol. The van der Waals surface area contributed by atoms with Crippen LogP contribution < -0.4 is 9.26 Å². The van der Waals surface area contributed by atoms with Crippen molar-refractivity contribution in [1.82, 2.24) is 0 Å². The van der Waals surface area contributed by atoms with Gasteiger partial charge in [-0.25, -0.2) is 4.57 Å². The lowest BCUT2D eigenvalue weighted by Crippen LogP contribution is -2.62. The zero-order valence-electron chi connectivity index (χ0n) is 31.0. The van der Waals surface area contributed by atoms with Gasteiger partial charge in [-0.2, -0.15) is 0 Å². The maximum Gasteiger partial charge on any atom is 0.527 e. The summed E-state index contributed by atoms with van der Waals surface area (Å²) in [5, 5.41) is 10.7. The van der Waals surface area contributed by atoms with E-state index in [-0.39, 0.29) is 10.8 Å². The molecule has 11 heteroatoms. The third-order valence-electron chi connectivity index (χ3n) is 9.19. The fourth-order valence-corrected chi connectivity index (χ4v) is 7.57. The van der Waals surface area contributed by atoms with Crippen LogP contribution >= 0.6 is 19.4 Å². The van der Waals surface area contributed by atoms with E-state index in [0.29, 0.717) is 19.0 Å². The Labute approximate surface area is 312 Å². The molecule has 0 aliphatic carbocycles. The van der Waals surface area contributed by atoms with Crippen LogP contribution in [0.2, 0.25) is 5.02 Å². The standard InChI is InChI=1S/C40H64ClO9P/c1-3-5-7-9-11-13-15-17-24-30-45-38-37(50-51(43,44)49-35-29-23-22-28-34(35)41)36(32-42)48-40(47-33-26-20-19-21-27-33)39(38)46-31-25-18-16-14-12-10-8-6-4-2/h19-23,26-29,36-40,42H,3-18,24-25,30-32H2,1-2H3,(H,43,44)/t36-,37-,38+,39-,40-/m1/s1. The van der Waals surface area contributed by atoms with Gasteiger partial charge in [0.1, 0.15) is 35.9 Å². The first-order chi connectivity index (χ1) is 24.9. The number of halogens is 1. The number of para-hydroxylation sites is 2. The average molecular weight is 755 g/mol. The summed E-state index contributed by atoms with van der Waals surface area (Å²) < 4.78 is 50.2. The zero-order valence-corrected chi connectivity index (χ0v) is 32.7. The Bertz CT molecular complexity index is 1210. The van der Waals surface area contributed by atoms with Crippen LogP contribution in [0.5, 0.6) is 11.5 Å². The van der Waals surface area contributed by atoms with Crippen LogP contribution in [0.3, 0.4) is 0 Å². The number of hydrogen-bond acceptors (Lipinski definition) is 8. The maximum absolute atomic E-state index is 13.5. The average Bonchev–Trinajstić information content (AvgIpc) is 3.12. The number of phosphoric acid groups is 1. The molecule has 2 N–H and O–H groups in total. The molecule has 1 saturated heterocycles. The van der Waals surface area contributed by atoms with Crippen LogP contribution in [0.4, 0.5) is 0 Å². The molecule has 0 aromatic heterocycles. The molecule has 2 aromatic rings. The van der Waals surface area contributed by atoms with Crippen molar-refractivity contribution in [2.75, 3.05) is 19.8 Å². The topological polar surface area (TPSA) is 113 Å². The first-order valence-electron chi connectivity index (χ1n) is 19.5. The maximum atomic E-state index is 13.5. The second-order valence-electron chi connectivity index (χ2n) is 13.5. The van der Waals surface area contributed by atoms with Gasteiger partial charge in [-0.15, -0.1) is 0 Å². The van der Waals surface area contributed by atoms with E-state index in [1.54, 1.807) is 18.2 Å². The Hall–Kier alpha value is -1.68. The Kier molecular flexibility index (Phi) is 22.4. The number of rotatable bonds is 29. The van der Waals surface area contributed by atoms with Crippen molar-refractivity contribution in [3.05, 3.63) is 59.6 Å². The highest BCUT2D eigenvalue weighted by atomic mass is 35.5. The lowest BCUT2D eigenvalue weighted by atomic mass is 9.98. The lowest BCUT2D eigenvalue weighted by Gasteiger charge is -2.45. The van der Waals surface area contributed by atoms with E-state index >= 15 is 0 Å². The van der Waals surface area contributed by atoms with Gasteiger partial charge in [-0.1, -0.05) is 159 Å². The van der Waals surface area contributed by atoms with Crippen molar-refractivity contribution < 1.29 is 42.6 Å². The fraction of sp³-hybridized carbons (Fsp3) is 0.700. The number of aliphatic hydroxyl groups excluding tert-OH is 1. The zero-order chi connectivity index (χ0) is 36.6. The summed E-state index contributed by atoms with van der Waals surface area (Å²) in [5.74, 6) is 0.556. The predicted molar refractivity (Wildman–Crippen MR) is 204 cm³/mol. The molecule has 0 radical (unpaired) electrons. The van der Waals surface area contributed by atoms with E-state index < -0.39 is 45.1 Å². The van der Waals surface area contributed by atoms with Gasteiger partial charge in [-0.3, -0.25) is 9.42 Å². The minimum Gasteiger partial charge on any atom is -0.462 e. The molecule has 290 valence electrons. The third-order valence-corrected chi connectivity index (χ3v) is 10.4. The van der Waals surface area contributed by atoms with E-state index in [4.69, 9.17) is 39.6 Å². The van der Waals surface area contributed by atoms with Crippen LogP contribution in [0.1, 0.15) is 129 Å². The van der Waals surface area contributed by atoms with Gasteiger partial charge >= 0.3 is 7.82 Å². The molecule has 1 aliphatic rings. The van der Waals surface area contributed by atoms with E-state index in [1.165, 1.54) is 83.1 Å². The van der Waals surface area contributed by atoms with Gasteiger partial charge in [0.2, 0.25) is 6.29 Å². The van der Waals surface area contributed by atoms with Crippen molar-refractivity contribution in [3.8, 4) is 11.5 Å². The minimum absolute atomic E-state index is 0.00195. The molecule has 0 bridgehead atoms. The summed E-state index contributed by atoms with van der Waals surface area (Å²) in [6.45, 7) is 4.73.